The number of anilines is 1. The van der Waals surface area contributed by atoms with E-state index in [2.05, 4.69) is 16.7 Å². The molecule has 1 aliphatic heterocycles. The fourth-order valence-corrected chi connectivity index (χ4v) is 7.20. The van der Waals surface area contributed by atoms with E-state index in [1.807, 2.05) is 11.4 Å². The third kappa shape index (κ3) is 3.25. The van der Waals surface area contributed by atoms with Crippen LogP contribution in [0.15, 0.2) is 11.4 Å². The molecule has 0 aromatic carbocycles. The van der Waals surface area contributed by atoms with Crippen LogP contribution >= 0.6 is 22.7 Å². The maximum atomic E-state index is 13.3. The number of nitrogens with zero attached hydrogens (tertiary/aromatic N) is 2. The lowest BCUT2D eigenvalue weighted by molar-refractivity contribution is -0.134. The van der Waals surface area contributed by atoms with Crippen molar-refractivity contribution >= 4 is 45.5 Å². The predicted octanol–water partition coefficient (Wildman–Crippen LogP) is 3.67. The first-order valence-electron chi connectivity index (χ1n) is 10.6. The molecule has 9 heteroatoms. The molecule has 2 N–H and O–H groups in total. The number of thiophene rings is 2. The summed E-state index contributed by atoms with van der Waals surface area (Å²) in [6, 6.07) is 3.60. The number of amides is 4. The molecule has 1 atom stereocenters. The summed E-state index contributed by atoms with van der Waals surface area (Å²) in [5.74, 6) is -0.829. The number of hydrogen-bond donors (Lipinski definition) is 2. The van der Waals surface area contributed by atoms with Crippen molar-refractivity contribution in [1.82, 2.24) is 10.2 Å². The number of nitrogens with one attached hydrogen (secondary N) is 2. The molecule has 160 valence electrons. The van der Waals surface area contributed by atoms with Gasteiger partial charge in [0.05, 0.1) is 5.56 Å². The van der Waals surface area contributed by atoms with Crippen molar-refractivity contribution in [3.63, 3.8) is 0 Å². The predicted molar refractivity (Wildman–Crippen MR) is 118 cm³/mol. The highest BCUT2D eigenvalue weighted by atomic mass is 32.1. The summed E-state index contributed by atoms with van der Waals surface area (Å²) in [5, 5.41) is 17.8. The van der Waals surface area contributed by atoms with Gasteiger partial charge in [0.2, 0.25) is 5.91 Å². The first-order chi connectivity index (χ1) is 15.0. The number of carbonyl (C=O) groups is 3. The molecule has 3 heterocycles. The smallest absolute Gasteiger partial charge is 0.319 e. The van der Waals surface area contributed by atoms with Gasteiger partial charge in [0.1, 0.15) is 23.2 Å². The first kappa shape index (κ1) is 20.2. The monoisotopic (exact) mass is 454 g/mol. The van der Waals surface area contributed by atoms with Crippen molar-refractivity contribution in [2.45, 2.75) is 56.9 Å². The lowest BCUT2D eigenvalue weighted by Crippen LogP contribution is -2.46. The van der Waals surface area contributed by atoms with Gasteiger partial charge in [-0.3, -0.25) is 14.5 Å². The molecule has 1 unspecified atom stereocenters. The molecule has 2 aromatic heterocycles. The van der Waals surface area contributed by atoms with Crippen molar-refractivity contribution in [1.29, 1.82) is 5.26 Å². The minimum absolute atomic E-state index is 0.362. The number of rotatable bonds is 3. The standard InChI is InChI=1S/C22H22N4O3S2/c23-11-14-13-5-2-1-3-6-16(13)31-19(14)24-18(27)12-26-20(28)22(25-21(26)29)9-4-7-17-15(22)8-10-30-17/h8,10H,1-7,9,12H2,(H,24,27)(H,25,29). The van der Waals surface area contributed by atoms with Gasteiger partial charge in [0, 0.05) is 15.3 Å². The Kier molecular flexibility index (Phi) is 5.07. The van der Waals surface area contributed by atoms with E-state index >= 15 is 0 Å². The van der Waals surface area contributed by atoms with Crippen LogP contribution < -0.4 is 10.6 Å². The van der Waals surface area contributed by atoms with Gasteiger partial charge in [0.15, 0.2) is 0 Å². The lowest BCUT2D eigenvalue weighted by atomic mass is 9.80. The zero-order valence-electron chi connectivity index (χ0n) is 17.0. The fraction of sp³-hybridized carbons (Fsp3) is 0.455. The van der Waals surface area contributed by atoms with Crippen LogP contribution in [0.5, 0.6) is 0 Å². The van der Waals surface area contributed by atoms with Crippen LogP contribution in [-0.4, -0.2) is 29.3 Å². The third-order valence-corrected chi connectivity index (χ3v) is 8.61. The Balaban J connectivity index is 1.35. The summed E-state index contributed by atoms with van der Waals surface area (Å²) < 4.78 is 0. The van der Waals surface area contributed by atoms with Crippen LogP contribution in [0.25, 0.3) is 0 Å². The average molecular weight is 455 g/mol. The van der Waals surface area contributed by atoms with E-state index in [4.69, 9.17) is 0 Å². The second-order valence-electron chi connectivity index (χ2n) is 8.27. The molecule has 7 nitrogen and oxygen atoms in total. The molecular formula is C22H22N4O3S2. The number of urea groups is 1. The molecule has 2 aliphatic carbocycles. The van der Waals surface area contributed by atoms with Crippen LogP contribution in [0.4, 0.5) is 9.80 Å². The van der Waals surface area contributed by atoms with Gasteiger partial charge < -0.3 is 10.6 Å². The Morgan fingerprint density at radius 3 is 2.84 bits per heavy atom. The van der Waals surface area contributed by atoms with Crippen LogP contribution in [0, 0.1) is 11.3 Å². The number of nitriles is 1. The number of hydrogen-bond acceptors (Lipinski definition) is 6. The van der Waals surface area contributed by atoms with E-state index in [1.165, 1.54) is 11.3 Å². The van der Waals surface area contributed by atoms with Gasteiger partial charge >= 0.3 is 6.03 Å². The van der Waals surface area contributed by atoms with Gasteiger partial charge in [-0.05, 0) is 62.0 Å². The summed E-state index contributed by atoms with van der Waals surface area (Å²) in [5.41, 5.74) is 1.38. The molecule has 1 spiro atoms. The highest BCUT2D eigenvalue weighted by molar-refractivity contribution is 7.16. The first-order valence-corrected chi connectivity index (χ1v) is 12.3. The van der Waals surface area contributed by atoms with Crippen LogP contribution in [-0.2, 0) is 34.4 Å². The molecule has 31 heavy (non-hydrogen) atoms. The van der Waals surface area contributed by atoms with Gasteiger partial charge in [-0.2, -0.15) is 5.26 Å². The van der Waals surface area contributed by atoms with Gasteiger partial charge in [-0.1, -0.05) is 6.42 Å². The zero-order chi connectivity index (χ0) is 21.6. The molecule has 1 saturated heterocycles. The van der Waals surface area contributed by atoms with Crippen molar-refractivity contribution in [2.24, 2.45) is 0 Å². The van der Waals surface area contributed by atoms with E-state index in [0.29, 0.717) is 17.0 Å². The molecule has 0 bridgehead atoms. The Hall–Kier alpha value is -2.70. The molecule has 3 aliphatic rings. The maximum absolute atomic E-state index is 13.3. The number of fused-ring (bicyclic) bond motifs is 3. The van der Waals surface area contributed by atoms with E-state index in [1.54, 1.807) is 11.3 Å². The highest BCUT2D eigenvalue weighted by Crippen LogP contribution is 2.42. The summed E-state index contributed by atoms with van der Waals surface area (Å²) >= 11 is 3.04. The zero-order valence-corrected chi connectivity index (χ0v) is 18.6. The molecule has 1 fully saturated rings. The molecule has 0 radical (unpaired) electrons. The van der Waals surface area contributed by atoms with Crippen LogP contribution in [0.3, 0.4) is 0 Å². The van der Waals surface area contributed by atoms with Gasteiger partial charge in [-0.25, -0.2) is 4.79 Å². The minimum Gasteiger partial charge on any atom is -0.319 e. The number of carbonyl (C=O) groups excluding carboxylic acids is 3. The van der Waals surface area contributed by atoms with E-state index in [0.717, 1.165) is 70.7 Å². The van der Waals surface area contributed by atoms with E-state index in [-0.39, 0.29) is 12.5 Å². The minimum atomic E-state index is -1.05. The normalized spacial score (nSPS) is 22.5. The topological polar surface area (TPSA) is 102 Å². The molecule has 4 amide bonds. The number of aryl methyl sites for hydroxylation is 2. The van der Waals surface area contributed by atoms with Crippen molar-refractivity contribution in [3.8, 4) is 6.07 Å². The Labute approximate surface area is 188 Å². The quantitative estimate of drug-likeness (QED) is 0.546. The Morgan fingerprint density at radius 2 is 2.00 bits per heavy atom. The average Bonchev–Trinajstić information content (AvgIpc) is 3.36. The van der Waals surface area contributed by atoms with Crippen molar-refractivity contribution < 1.29 is 14.4 Å². The second-order valence-corrected chi connectivity index (χ2v) is 10.4. The summed E-state index contributed by atoms with van der Waals surface area (Å²) in [6.07, 6.45) is 7.29. The highest BCUT2D eigenvalue weighted by Gasteiger charge is 2.54. The van der Waals surface area contributed by atoms with Crippen LogP contribution in [0.1, 0.15) is 58.5 Å². The van der Waals surface area contributed by atoms with Gasteiger partial charge in [0.25, 0.3) is 5.91 Å². The fourth-order valence-electron chi connectivity index (χ4n) is 4.94. The number of imide groups is 1. The van der Waals surface area contributed by atoms with E-state index in [9.17, 15) is 19.6 Å². The van der Waals surface area contributed by atoms with E-state index < -0.39 is 17.5 Å². The SMILES string of the molecule is N#Cc1c(NC(=O)CN2C(=O)NC3(CCCc4sccc43)C2=O)sc2c1CCCCC2. The second kappa shape index (κ2) is 7.77. The largest absolute Gasteiger partial charge is 0.325 e. The summed E-state index contributed by atoms with van der Waals surface area (Å²) in [7, 11) is 0. The van der Waals surface area contributed by atoms with Crippen molar-refractivity contribution in [3.05, 3.63) is 37.9 Å². The third-order valence-electron chi connectivity index (χ3n) is 6.42. The van der Waals surface area contributed by atoms with Crippen LogP contribution in [0.2, 0.25) is 0 Å². The Bertz CT molecular complexity index is 1130. The molecule has 5 rings (SSSR count). The summed E-state index contributed by atoms with van der Waals surface area (Å²) in [4.78, 5) is 42.0. The molecule has 2 aromatic rings. The van der Waals surface area contributed by atoms with Gasteiger partial charge in [-0.15, -0.1) is 22.7 Å². The molecule has 0 saturated carbocycles. The lowest BCUT2D eigenvalue weighted by Gasteiger charge is -2.31. The molecular weight excluding hydrogens is 432 g/mol. The maximum Gasteiger partial charge on any atom is 0.325 e. The Morgan fingerprint density at radius 1 is 1.19 bits per heavy atom. The summed E-state index contributed by atoms with van der Waals surface area (Å²) in [6.45, 7) is -0.362. The van der Waals surface area contributed by atoms with Crippen molar-refractivity contribution in [2.75, 3.05) is 11.9 Å².